The Morgan fingerprint density at radius 3 is 2.89 bits per heavy atom. The van der Waals surface area contributed by atoms with E-state index < -0.39 is 5.60 Å². The first kappa shape index (κ1) is 18.0. The molecule has 0 saturated carbocycles. The van der Waals surface area contributed by atoms with Gasteiger partial charge in [-0.3, -0.25) is 10.2 Å². The number of carbonyl (C=O) groups excluding carboxylic acids is 1. The van der Waals surface area contributed by atoms with E-state index in [9.17, 15) is 4.79 Å². The van der Waals surface area contributed by atoms with Crippen LogP contribution in [0.4, 0.5) is 4.79 Å². The molecular formula is C18H21BrN6O2. The van der Waals surface area contributed by atoms with Gasteiger partial charge in [0.1, 0.15) is 16.0 Å². The summed E-state index contributed by atoms with van der Waals surface area (Å²) < 4.78 is 6.22. The first-order valence-electron chi connectivity index (χ1n) is 8.84. The van der Waals surface area contributed by atoms with E-state index in [1.165, 1.54) is 0 Å². The molecule has 1 fully saturated rings. The molecule has 1 unspecified atom stereocenters. The maximum absolute atomic E-state index is 12.2. The number of nitrogens with zero attached hydrogens (tertiary/aromatic N) is 4. The van der Waals surface area contributed by atoms with Gasteiger partial charge in [-0.2, -0.15) is 10.2 Å². The molecule has 3 heterocycles. The average molecular weight is 433 g/mol. The molecule has 27 heavy (non-hydrogen) atoms. The van der Waals surface area contributed by atoms with Gasteiger partial charge >= 0.3 is 6.09 Å². The average Bonchev–Trinajstić information content (AvgIpc) is 3.32. The highest BCUT2D eigenvalue weighted by molar-refractivity contribution is 9.10. The maximum Gasteiger partial charge on any atom is 0.410 e. The molecule has 1 aromatic carbocycles. The van der Waals surface area contributed by atoms with Crippen LogP contribution in [-0.2, 0) is 4.74 Å². The number of aromatic amines is 2. The molecule has 0 spiro atoms. The lowest BCUT2D eigenvalue weighted by Gasteiger charge is -2.24. The minimum atomic E-state index is -0.491. The molecule has 3 aromatic rings. The summed E-state index contributed by atoms with van der Waals surface area (Å²) in [7, 11) is 0. The Bertz CT molecular complexity index is 989. The molecule has 1 saturated heterocycles. The Kier molecular flexibility index (Phi) is 4.41. The van der Waals surface area contributed by atoms with Crippen molar-refractivity contribution in [3.05, 3.63) is 28.6 Å². The number of nitrogens with one attached hydrogen (secondary N) is 2. The second-order valence-corrected chi connectivity index (χ2v) is 8.48. The van der Waals surface area contributed by atoms with Crippen molar-refractivity contribution < 1.29 is 9.53 Å². The first-order valence-corrected chi connectivity index (χ1v) is 9.64. The third kappa shape index (κ3) is 3.69. The lowest BCUT2D eigenvalue weighted by molar-refractivity contribution is 0.0292. The Morgan fingerprint density at radius 2 is 2.11 bits per heavy atom. The van der Waals surface area contributed by atoms with E-state index in [4.69, 9.17) is 4.74 Å². The van der Waals surface area contributed by atoms with Crippen LogP contribution in [-0.4, -0.2) is 55.1 Å². The number of benzene rings is 1. The van der Waals surface area contributed by atoms with Crippen molar-refractivity contribution in [3.63, 3.8) is 0 Å². The Hall–Kier alpha value is -2.42. The van der Waals surface area contributed by atoms with E-state index in [1.54, 1.807) is 4.90 Å². The molecule has 0 bridgehead atoms. The van der Waals surface area contributed by atoms with Crippen molar-refractivity contribution >= 4 is 32.9 Å². The number of likely N-dealkylation sites (tertiary alicyclic amines) is 1. The molecule has 2 N–H and O–H groups in total. The summed E-state index contributed by atoms with van der Waals surface area (Å²) >= 11 is 3.43. The van der Waals surface area contributed by atoms with E-state index in [0.717, 1.165) is 33.3 Å². The fourth-order valence-electron chi connectivity index (χ4n) is 3.18. The zero-order chi connectivity index (χ0) is 19.2. The molecule has 9 heteroatoms. The van der Waals surface area contributed by atoms with Gasteiger partial charge < -0.3 is 9.64 Å². The number of halogens is 1. The molecule has 2 aromatic heterocycles. The largest absolute Gasteiger partial charge is 0.444 e. The van der Waals surface area contributed by atoms with Gasteiger partial charge in [0.05, 0.1) is 5.52 Å². The molecule has 1 atom stereocenters. The van der Waals surface area contributed by atoms with Crippen molar-refractivity contribution in [2.24, 2.45) is 0 Å². The van der Waals surface area contributed by atoms with Gasteiger partial charge in [0.15, 0.2) is 5.82 Å². The van der Waals surface area contributed by atoms with E-state index in [-0.39, 0.29) is 12.0 Å². The van der Waals surface area contributed by atoms with Crippen molar-refractivity contribution in [2.45, 2.75) is 38.7 Å². The predicted molar refractivity (Wildman–Crippen MR) is 104 cm³/mol. The number of fused-ring (bicyclic) bond motifs is 1. The molecule has 142 valence electrons. The highest BCUT2D eigenvalue weighted by Crippen LogP contribution is 2.29. The highest BCUT2D eigenvalue weighted by Gasteiger charge is 2.32. The van der Waals surface area contributed by atoms with Gasteiger partial charge in [0, 0.05) is 30.0 Å². The zero-order valence-corrected chi connectivity index (χ0v) is 17.0. The summed E-state index contributed by atoms with van der Waals surface area (Å²) in [4.78, 5) is 18.6. The standard InChI is InChI=1S/C18H21BrN6O2/c1-18(2,3)27-17(26)25-7-6-11(9-25)16-20-15(23-24-16)10-4-5-13-12(8-10)14(19)22-21-13/h4-5,8,11H,6-7,9H2,1-3H3,(H,21,22)(H,20,23,24). The van der Waals surface area contributed by atoms with Crippen LogP contribution in [0.25, 0.3) is 22.3 Å². The minimum Gasteiger partial charge on any atom is -0.444 e. The number of carbonyl (C=O) groups is 1. The van der Waals surface area contributed by atoms with Gasteiger partial charge in [-0.1, -0.05) is 0 Å². The van der Waals surface area contributed by atoms with Crippen LogP contribution in [0.3, 0.4) is 0 Å². The molecule has 0 radical (unpaired) electrons. The zero-order valence-electron chi connectivity index (χ0n) is 15.4. The molecule has 4 rings (SSSR count). The first-order chi connectivity index (χ1) is 12.8. The topological polar surface area (TPSA) is 99.8 Å². The normalized spacial score (nSPS) is 17.6. The SMILES string of the molecule is CC(C)(C)OC(=O)N1CCC(c2nc(-c3ccc4[nH]nc(Br)c4c3)n[nH]2)C1. The minimum absolute atomic E-state index is 0.128. The quantitative estimate of drug-likeness (QED) is 0.640. The molecule has 1 amide bonds. The molecule has 8 nitrogen and oxygen atoms in total. The molecule has 1 aliphatic rings. The monoisotopic (exact) mass is 432 g/mol. The number of aromatic nitrogens is 5. The van der Waals surface area contributed by atoms with Gasteiger partial charge in [-0.05, 0) is 61.3 Å². The summed E-state index contributed by atoms with van der Waals surface area (Å²) in [6.45, 7) is 6.85. The number of H-pyrrole nitrogens is 2. The number of hydrogen-bond donors (Lipinski definition) is 2. The number of hydrogen-bond acceptors (Lipinski definition) is 5. The van der Waals surface area contributed by atoms with Gasteiger partial charge in [-0.15, -0.1) is 0 Å². The maximum atomic E-state index is 12.2. The Balaban J connectivity index is 1.49. The molecular weight excluding hydrogens is 412 g/mol. The lowest BCUT2D eigenvalue weighted by atomic mass is 10.1. The van der Waals surface area contributed by atoms with E-state index in [1.807, 2.05) is 39.0 Å². The summed E-state index contributed by atoms with van der Waals surface area (Å²) in [6, 6.07) is 5.91. The van der Waals surface area contributed by atoms with Crippen LogP contribution in [0.1, 0.15) is 38.9 Å². The fraction of sp³-hybridized carbons (Fsp3) is 0.444. The van der Waals surface area contributed by atoms with Crippen molar-refractivity contribution in [1.29, 1.82) is 0 Å². The third-order valence-corrected chi connectivity index (χ3v) is 5.11. The Labute approximate surface area is 164 Å². The number of amides is 1. The summed E-state index contributed by atoms with van der Waals surface area (Å²) in [5.41, 5.74) is 1.37. The Morgan fingerprint density at radius 1 is 1.30 bits per heavy atom. The second-order valence-electron chi connectivity index (χ2n) is 7.73. The summed E-state index contributed by atoms with van der Waals surface area (Å²) in [5, 5.41) is 15.5. The molecule has 0 aliphatic carbocycles. The van der Waals surface area contributed by atoms with E-state index >= 15 is 0 Å². The number of ether oxygens (including phenoxy) is 1. The van der Waals surface area contributed by atoms with Crippen LogP contribution >= 0.6 is 15.9 Å². The van der Waals surface area contributed by atoms with Gasteiger partial charge in [0.2, 0.25) is 0 Å². The van der Waals surface area contributed by atoms with Crippen molar-refractivity contribution in [1.82, 2.24) is 30.3 Å². The van der Waals surface area contributed by atoms with Gasteiger partial charge in [0.25, 0.3) is 0 Å². The lowest BCUT2D eigenvalue weighted by Crippen LogP contribution is -2.35. The predicted octanol–water partition coefficient (Wildman–Crippen LogP) is 3.83. The van der Waals surface area contributed by atoms with Crippen LogP contribution in [0.5, 0.6) is 0 Å². The summed E-state index contributed by atoms with van der Waals surface area (Å²) in [6.07, 6.45) is 0.556. The van der Waals surface area contributed by atoms with Crippen LogP contribution < -0.4 is 0 Å². The van der Waals surface area contributed by atoms with E-state index in [2.05, 4.69) is 41.3 Å². The van der Waals surface area contributed by atoms with Crippen LogP contribution in [0.15, 0.2) is 22.8 Å². The van der Waals surface area contributed by atoms with Crippen LogP contribution in [0, 0.1) is 0 Å². The van der Waals surface area contributed by atoms with Crippen LogP contribution in [0.2, 0.25) is 0 Å². The second kappa shape index (κ2) is 6.63. The third-order valence-electron chi connectivity index (χ3n) is 4.50. The van der Waals surface area contributed by atoms with Crippen molar-refractivity contribution in [3.8, 4) is 11.4 Å². The van der Waals surface area contributed by atoms with Crippen molar-refractivity contribution in [2.75, 3.05) is 13.1 Å². The summed E-state index contributed by atoms with van der Waals surface area (Å²) in [5.74, 6) is 1.56. The highest BCUT2D eigenvalue weighted by atomic mass is 79.9. The smallest absolute Gasteiger partial charge is 0.410 e. The number of rotatable bonds is 2. The molecule has 1 aliphatic heterocycles. The van der Waals surface area contributed by atoms with Gasteiger partial charge in [-0.25, -0.2) is 9.78 Å². The fourth-order valence-corrected chi connectivity index (χ4v) is 3.60. The van der Waals surface area contributed by atoms with E-state index in [0.29, 0.717) is 18.9 Å².